The fourth-order valence-corrected chi connectivity index (χ4v) is 2.57. The van der Waals surface area contributed by atoms with E-state index in [2.05, 4.69) is 23.5 Å². The number of hydrogen-bond donors (Lipinski definition) is 2. The summed E-state index contributed by atoms with van der Waals surface area (Å²) in [5.74, 6) is -0.183. The van der Waals surface area contributed by atoms with Crippen LogP contribution >= 0.6 is 11.6 Å². The van der Waals surface area contributed by atoms with Crippen molar-refractivity contribution in [1.82, 2.24) is 5.32 Å². The molecule has 3 nitrogen and oxygen atoms in total. The maximum atomic E-state index is 12.3. The highest BCUT2D eigenvalue weighted by molar-refractivity contribution is 6.31. The molecule has 0 aromatic heterocycles. The molecule has 110 valence electrons. The van der Waals surface area contributed by atoms with Crippen LogP contribution in [0.1, 0.15) is 40.0 Å². The molecule has 0 saturated carbocycles. The van der Waals surface area contributed by atoms with Crippen LogP contribution in [0.2, 0.25) is 5.02 Å². The Kier molecular flexibility index (Phi) is 4.53. The van der Waals surface area contributed by atoms with Crippen LogP contribution in [0.25, 0.3) is 0 Å². The van der Waals surface area contributed by atoms with E-state index in [9.17, 15) is 4.79 Å². The molecule has 2 aromatic rings. The lowest BCUT2D eigenvalue weighted by molar-refractivity contribution is 0.0940. The van der Waals surface area contributed by atoms with E-state index < -0.39 is 0 Å². The summed E-state index contributed by atoms with van der Waals surface area (Å²) in [7, 11) is 0. The van der Waals surface area contributed by atoms with E-state index >= 15 is 0 Å². The number of hydrogen-bond acceptors (Lipinski definition) is 2. The fourth-order valence-electron chi connectivity index (χ4n) is 2.33. The first-order chi connectivity index (χ1) is 9.86. The summed E-state index contributed by atoms with van der Waals surface area (Å²) in [5, 5.41) is 3.44. The van der Waals surface area contributed by atoms with Crippen LogP contribution in [-0.4, -0.2) is 5.91 Å². The van der Waals surface area contributed by atoms with E-state index in [1.165, 1.54) is 5.56 Å². The van der Waals surface area contributed by atoms with Crippen LogP contribution in [0.15, 0.2) is 36.4 Å². The second kappa shape index (κ2) is 6.19. The predicted octanol–water partition coefficient (Wildman–Crippen LogP) is 4.03. The van der Waals surface area contributed by atoms with Crippen LogP contribution in [0.4, 0.5) is 5.69 Å². The van der Waals surface area contributed by atoms with Crippen LogP contribution in [-0.2, 0) is 0 Å². The Morgan fingerprint density at radius 2 is 1.90 bits per heavy atom. The smallest absolute Gasteiger partial charge is 0.251 e. The molecular weight excluding hydrogens is 284 g/mol. The lowest BCUT2D eigenvalue weighted by atomic mass is 9.99. The predicted molar refractivity (Wildman–Crippen MR) is 87.7 cm³/mol. The molecular formula is C17H19ClN2O. The zero-order valence-corrected chi connectivity index (χ0v) is 13.2. The number of aryl methyl sites for hydroxylation is 2. The molecule has 1 atom stereocenters. The number of carbonyl (C=O) groups is 1. The molecule has 0 saturated heterocycles. The minimum Gasteiger partial charge on any atom is -0.399 e. The first-order valence-electron chi connectivity index (χ1n) is 6.81. The number of amides is 1. The quantitative estimate of drug-likeness (QED) is 0.841. The van der Waals surface area contributed by atoms with Crippen molar-refractivity contribution in [2.45, 2.75) is 26.8 Å². The molecule has 0 spiro atoms. The van der Waals surface area contributed by atoms with Crippen molar-refractivity contribution in [2.75, 3.05) is 5.73 Å². The van der Waals surface area contributed by atoms with Gasteiger partial charge in [-0.2, -0.15) is 0 Å². The standard InChI is InChI=1S/C17H19ClN2O/c1-10-4-5-11(2)16(6-10)12(3)20-17(21)13-7-14(18)9-15(19)8-13/h4-9,12H,19H2,1-3H3,(H,20,21). The lowest BCUT2D eigenvalue weighted by Crippen LogP contribution is -2.27. The van der Waals surface area contributed by atoms with E-state index in [1.807, 2.05) is 20.8 Å². The molecule has 4 heteroatoms. The van der Waals surface area contributed by atoms with Crippen molar-refractivity contribution in [3.63, 3.8) is 0 Å². The Morgan fingerprint density at radius 3 is 2.57 bits per heavy atom. The summed E-state index contributed by atoms with van der Waals surface area (Å²) in [6.45, 7) is 6.04. The molecule has 0 aliphatic heterocycles. The number of benzene rings is 2. The Balaban J connectivity index is 2.20. The number of nitrogens with one attached hydrogen (secondary N) is 1. The SMILES string of the molecule is Cc1ccc(C)c(C(C)NC(=O)c2cc(N)cc(Cl)c2)c1. The molecule has 0 aliphatic carbocycles. The van der Waals surface area contributed by atoms with Gasteiger partial charge in [0.25, 0.3) is 5.91 Å². The van der Waals surface area contributed by atoms with Gasteiger partial charge in [-0.05, 0) is 50.1 Å². The number of nitrogen functional groups attached to an aromatic ring is 1. The zero-order chi connectivity index (χ0) is 15.6. The van der Waals surface area contributed by atoms with Crippen molar-refractivity contribution in [2.24, 2.45) is 0 Å². The topological polar surface area (TPSA) is 55.1 Å². The van der Waals surface area contributed by atoms with E-state index in [1.54, 1.807) is 18.2 Å². The molecule has 0 heterocycles. The maximum Gasteiger partial charge on any atom is 0.251 e. The van der Waals surface area contributed by atoms with Crippen LogP contribution < -0.4 is 11.1 Å². The Bertz CT molecular complexity index is 662. The third-order valence-corrected chi connectivity index (χ3v) is 3.65. The van der Waals surface area contributed by atoms with Gasteiger partial charge in [-0.3, -0.25) is 4.79 Å². The molecule has 0 radical (unpaired) electrons. The molecule has 3 N–H and O–H groups in total. The average Bonchev–Trinajstić information content (AvgIpc) is 2.40. The fraction of sp³-hybridized carbons (Fsp3) is 0.235. The highest BCUT2D eigenvalue weighted by Gasteiger charge is 2.14. The average molecular weight is 303 g/mol. The van der Waals surface area contributed by atoms with Gasteiger partial charge in [0.05, 0.1) is 6.04 Å². The number of rotatable bonds is 3. The molecule has 21 heavy (non-hydrogen) atoms. The highest BCUT2D eigenvalue weighted by Crippen LogP contribution is 2.21. The van der Waals surface area contributed by atoms with Crippen molar-refractivity contribution >= 4 is 23.2 Å². The van der Waals surface area contributed by atoms with Gasteiger partial charge in [0.2, 0.25) is 0 Å². The minimum absolute atomic E-state index is 0.0855. The summed E-state index contributed by atoms with van der Waals surface area (Å²) in [6.07, 6.45) is 0. The Morgan fingerprint density at radius 1 is 1.19 bits per heavy atom. The second-order valence-electron chi connectivity index (χ2n) is 5.33. The highest BCUT2D eigenvalue weighted by atomic mass is 35.5. The van der Waals surface area contributed by atoms with Gasteiger partial charge in [0.1, 0.15) is 0 Å². The van der Waals surface area contributed by atoms with Gasteiger partial charge in [-0.15, -0.1) is 0 Å². The van der Waals surface area contributed by atoms with Gasteiger partial charge >= 0.3 is 0 Å². The molecule has 1 amide bonds. The van der Waals surface area contributed by atoms with E-state index in [0.717, 1.165) is 11.1 Å². The van der Waals surface area contributed by atoms with E-state index in [0.29, 0.717) is 16.3 Å². The number of carbonyl (C=O) groups excluding carboxylic acids is 1. The molecule has 0 fully saturated rings. The Hall–Kier alpha value is -2.00. The number of nitrogens with two attached hydrogens (primary N) is 1. The lowest BCUT2D eigenvalue weighted by Gasteiger charge is -2.17. The van der Waals surface area contributed by atoms with Gasteiger partial charge < -0.3 is 11.1 Å². The van der Waals surface area contributed by atoms with Gasteiger partial charge in [-0.1, -0.05) is 35.4 Å². The first kappa shape index (κ1) is 15.4. The van der Waals surface area contributed by atoms with Crippen molar-refractivity contribution in [3.8, 4) is 0 Å². The maximum absolute atomic E-state index is 12.3. The summed E-state index contributed by atoms with van der Waals surface area (Å²) in [4.78, 5) is 12.3. The third kappa shape index (κ3) is 3.76. The molecule has 0 bridgehead atoms. The minimum atomic E-state index is -0.183. The van der Waals surface area contributed by atoms with Gasteiger partial charge in [0.15, 0.2) is 0 Å². The van der Waals surface area contributed by atoms with Crippen LogP contribution in [0.5, 0.6) is 0 Å². The first-order valence-corrected chi connectivity index (χ1v) is 7.18. The van der Waals surface area contributed by atoms with Crippen molar-refractivity contribution in [3.05, 3.63) is 63.7 Å². The normalized spacial score (nSPS) is 12.0. The molecule has 1 unspecified atom stereocenters. The monoisotopic (exact) mass is 302 g/mol. The summed E-state index contributed by atoms with van der Waals surface area (Å²) < 4.78 is 0. The van der Waals surface area contributed by atoms with Crippen LogP contribution in [0.3, 0.4) is 0 Å². The molecule has 0 aliphatic rings. The third-order valence-electron chi connectivity index (χ3n) is 3.43. The summed E-state index contributed by atoms with van der Waals surface area (Å²) in [6, 6.07) is 11.0. The van der Waals surface area contributed by atoms with Gasteiger partial charge in [0, 0.05) is 16.3 Å². The van der Waals surface area contributed by atoms with Crippen molar-refractivity contribution in [1.29, 1.82) is 0 Å². The molecule has 2 aromatic carbocycles. The molecule has 2 rings (SSSR count). The van der Waals surface area contributed by atoms with E-state index in [-0.39, 0.29) is 11.9 Å². The van der Waals surface area contributed by atoms with E-state index in [4.69, 9.17) is 17.3 Å². The van der Waals surface area contributed by atoms with Crippen LogP contribution in [0, 0.1) is 13.8 Å². The summed E-state index contributed by atoms with van der Waals surface area (Å²) >= 11 is 5.93. The van der Waals surface area contributed by atoms with Gasteiger partial charge in [-0.25, -0.2) is 0 Å². The summed E-state index contributed by atoms with van der Waals surface area (Å²) in [5.41, 5.74) is 10.1. The largest absolute Gasteiger partial charge is 0.399 e. The Labute approximate surface area is 130 Å². The number of halogens is 1. The zero-order valence-electron chi connectivity index (χ0n) is 12.4. The number of anilines is 1. The second-order valence-corrected chi connectivity index (χ2v) is 5.76. The van der Waals surface area contributed by atoms with Crippen molar-refractivity contribution < 1.29 is 4.79 Å².